The Hall–Kier alpha value is -3.47. The molecule has 1 heterocycles. The monoisotopic (exact) mass is 315 g/mol. The Morgan fingerprint density at radius 3 is 2.04 bits per heavy atom. The van der Waals surface area contributed by atoms with Crippen molar-refractivity contribution < 1.29 is 4.79 Å². The molecule has 0 bridgehead atoms. The van der Waals surface area contributed by atoms with Crippen LogP contribution in [-0.4, -0.2) is 15.8 Å². The van der Waals surface area contributed by atoms with Gasteiger partial charge in [0.2, 0.25) is 0 Å². The van der Waals surface area contributed by atoms with Gasteiger partial charge in [-0.15, -0.1) is 4.68 Å². The third-order valence-electron chi connectivity index (χ3n) is 4.04. The normalized spacial score (nSPS) is 11.0. The van der Waals surface area contributed by atoms with E-state index >= 15 is 0 Å². The zero-order valence-electron chi connectivity index (χ0n) is 12.6. The Morgan fingerprint density at radius 2 is 1.46 bits per heavy atom. The van der Waals surface area contributed by atoms with Gasteiger partial charge in [0, 0.05) is 11.6 Å². The van der Waals surface area contributed by atoms with Crippen LogP contribution in [0.5, 0.6) is 0 Å². The molecule has 5 nitrogen and oxygen atoms in total. The van der Waals surface area contributed by atoms with Crippen LogP contribution in [0.3, 0.4) is 0 Å². The van der Waals surface area contributed by atoms with E-state index in [0.29, 0.717) is 10.4 Å². The maximum atomic E-state index is 11.8. The summed E-state index contributed by atoms with van der Waals surface area (Å²) < 4.78 is 0.686. The van der Waals surface area contributed by atoms with Crippen LogP contribution in [0.4, 0.5) is 4.79 Å². The van der Waals surface area contributed by atoms with Crippen LogP contribution in [0.15, 0.2) is 71.5 Å². The van der Waals surface area contributed by atoms with Crippen LogP contribution in [-0.2, 0) is 0 Å². The summed E-state index contributed by atoms with van der Waals surface area (Å²) in [6.07, 6.45) is 0. The summed E-state index contributed by atoms with van der Waals surface area (Å²) in [6, 6.07) is 20.0. The van der Waals surface area contributed by atoms with Crippen molar-refractivity contribution in [1.82, 2.24) is 9.78 Å². The number of amides is 1. The second kappa shape index (κ2) is 5.31. The van der Waals surface area contributed by atoms with E-state index in [9.17, 15) is 9.59 Å². The first-order chi connectivity index (χ1) is 11.6. The number of hydrogen-bond acceptors (Lipinski definition) is 3. The maximum Gasteiger partial charge on any atom is 0.342 e. The minimum atomic E-state index is -0.897. The Labute approximate surface area is 136 Å². The van der Waals surface area contributed by atoms with Crippen molar-refractivity contribution >= 4 is 27.6 Å². The highest BCUT2D eigenvalue weighted by Crippen LogP contribution is 2.34. The summed E-state index contributed by atoms with van der Waals surface area (Å²) in [7, 11) is 0. The highest BCUT2D eigenvalue weighted by atomic mass is 16.2. The molecule has 0 saturated heterocycles. The molecule has 0 unspecified atom stereocenters. The quantitative estimate of drug-likeness (QED) is 0.548. The molecule has 4 aromatic rings. The number of primary amides is 1. The Bertz CT molecular complexity index is 1110. The minimum absolute atomic E-state index is 0.529. The molecular weight excluding hydrogens is 302 g/mol. The molecule has 0 radical (unpaired) electrons. The number of nitrogens with zero attached hydrogens (tertiary/aromatic N) is 2. The second-order valence-electron chi connectivity index (χ2n) is 5.50. The van der Waals surface area contributed by atoms with Crippen LogP contribution in [0.25, 0.3) is 32.8 Å². The molecule has 0 fully saturated rings. The van der Waals surface area contributed by atoms with E-state index in [-0.39, 0.29) is 0 Å². The smallest absolute Gasteiger partial charge is 0.342 e. The Kier molecular flexibility index (Phi) is 3.13. The number of rotatable bonds is 1. The van der Waals surface area contributed by atoms with Gasteiger partial charge in [-0.1, -0.05) is 48.5 Å². The van der Waals surface area contributed by atoms with Gasteiger partial charge in [0.15, 0.2) is 0 Å². The summed E-state index contributed by atoms with van der Waals surface area (Å²) in [4.78, 5) is 23.2. The van der Waals surface area contributed by atoms with Gasteiger partial charge in [0.05, 0.1) is 5.69 Å². The average Bonchev–Trinajstić information content (AvgIpc) is 2.60. The van der Waals surface area contributed by atoms with Crippen molar-refractivity contribution in [2.24, 2.45) is 5.73 Å². The lowest BCUT2D eigenvalue weighted by atomic mass is 9.95. The number of hydrogen-bond donors (Lipinski definition) is 1. The van der Waals surface area contributed by atoms with Gasteiger partial charge in [-0.25, -0.2) is 4.79 Å². The molecule has 1 aromatic heterocycles. The van der Waals surface area contributed by atoms with E-state index in [1.807, 2.05) is 48.5 Å². The molecule has 0 atom stereocenters. The van der Waals surface area contributed by atoms with Crippen molar-refractivity contribution in [2.75, 3.05) is 0 Å². The molecule has 0 saturated carbocycles. The molecule has 0 aliphatic rings. The van der Waals surface area contributed by atoms with E-state index in [1.165, 1.54) is 6.07 Å². The molecule has 3 aromatic carbocycles. The first-order valence-electron chi connectivity index (χ1n) is 7.46. The van der Waals surface area contributed by atoms with Crippen LogP contribution in [0.2, 0.25) is 0 Å². The fraction of sp³-hybridized carbons (Fsp3) is 0. The highest BCUT2D eigenvalue weighted by Gasteiger charge is 2.13. The van der Waals surface area contributed by atoms with E-state index in [0.717, 1.165) is 27.1 Å². The predicted molar refractivity (Wildman–Crippen MR) is 93.9 cm³/mol. The van der Waals surface area contributed by atoms with Gasteiger partial charge >= 0.3 is 6.03 Å². The number of nitrogens with two attached hydrogens (primary N) is 1. The SMILES string of the molecule is NC(=O)n1nc(-c2c3ccccc3cc3ccccc23)ccc1=O. The number of benzene rings is 3. The minimum Gasteiger partial charge on any atom is -0.350 e. The lowest BCUT2D eigenvalue weighted by Gasteiger charge is -2.11. The molecule has 24 heavy (non-hydrogen) atoms. The fourth-order valence-corrected chi connectivity index (χ4v) is 2.99. The summed E-state index contributed by atoms with van der Waals surface area (Å²) in [5, 5.41) is 8.29. The van der Waals surface area contributed by atoms with Gasteiger partial charge in [-0.2, -0.15) is 5.10 Å². The van der Waals surface area contributed by atoms with Gasteiger partial charge in [-0.05, 0) is 33.7 Å². The molecule has 5 heteroatoms. The Balaban J connectivity index is 2.17. The van der Waals surface area contributed by atoms with Crippen LogP contribution >= 0.6 is 0 Å². The van der Waals surface area contributed by atoms with Crippen LogP contribution in [0, 0.1) is 0 Å². The fourth-order valence-electron chi connectivity index (χ4n) is 2.99. The van der Waals surface area contributed by atoms with Crippen LogP contribution in [0.1, 0.15) is 0 Å². The number of fused-ring (bicyclic) bond motifs is 2. The second-order valence-corrected chi connectivity index (χ2v) is 5.50. The molecule has 0 aliphatic carbocycles. The summed E-state index contributed by atoms with van der Waals surface area (Å²) in [5.74, 6) is 0. The molecule has 116 valence electrons. The average molecular weight is 315 g/mol. The zero-order valence-corrected chi connectivity index (χ0v) is 12.6. The summed E-state index contributed by atoms with van der Waals surface area (Å²) >= 11 is 0. The molecule has 0 aliphatic heterocycles. The molecule has 2 N–H and O–H groups in total. The summed E-state index contributed by atoms with van der Waals surface area (Å²) in [6.45, 7) is 0. The molecule has 0 spiro atoms. The van der Waals surface area contributed by atoms with E-state index < -0.39 is 11.6 Å². The summed E-state index contributed by atoms with van der Waals surface area (Å²) in [5.41, 5.74) is 6.11. The highest BCUT2D eigenvalue weighted by molar-refractivity contribution is 6.12. The predicted octanol–water partition coefficient (Wildman–Crippen LogP) is 3.14. The van der Waals surface area contributed by atoms with Crippen molar-refractivity contribution in [2.45, 2.75) is 0 Å². The number of carbonyl (C=O) groups is 1. The van der Waals surface area contributed by atoms with E-state index in [2.05, 4.69) is 11.2 Å². The number of aromatic nitrogens is 2. The lowest BCUT2D eigenvalue weighted by Crippen LogP contribution is -2.33. The largest absolute Gasteiger partial charge is 0.350 e. The van der Waals surface area contributed by atoms with E-state index in [4.69, 9.17) is 5.73 Å². The third-order valence-corrected chi connectivity index (χ3v) is 4.04. The van der Waals surface area contributed by atoms with Gasteiger partial charge in [0.25, 0.3) is 5.56 Å². The maximum absolute atomic E-state index is 11.8. The topological polar surface area (TPSA) is 78.0 Å². The van der Waals surface area contributed by atoms with E-state index in [1.54, 1.807) is 6.07 Å². The van der Waals surface area contributed by atoms with Gasteiger partial charge in [-0.3, -0.25) is 4.79 Å². The molecule has 1 amide bonds. The zero-order chi connectivity index (χ0) is 16.7. The lowest BCUT2D eigenvalue weighted by molar-refractivity contribution is 0.246. The van der Waals surface area contributed by atoms with Crippen molar-refractivity contribution in [3.63, 3.8) is 0 Å². The van der Waals surface area contributed by atoms with Crippen molar-refractivity contribution in [3.05, 3.63) is 77.1 Å². The third kappa shape index (κ3) is 2.14. The molecular formula is C19H13N3O2. The first-order valence-corrected chi connectivity index (χ1v) is 7.46. The standard InChI is InChI=1S/C19H13N3O2/c20-19(24)22-17(23)10-9-16(21-22)18-14-7-3-1-5-12(14)11-13-6-2-4-8-15(13)18/h1-11H,(H2,20,24). The Morgan fingerprint density at radius 1 is 0.875 bits per heavy atom. The van der Waals surface area contributed by atoms with Gasteiger partial charge in [0.1, 0.15) is 0 Å². The van der Waals surface area contributed by atoms with Crippen molar-refractivity contribution in [1.29, 1.82) is 0 Å². The number of carbonyl (C=O) groups excluding carboxylic acids is 1. The van der Waals surface area contributed by atoms with Crippen molar-refractivity contribution in [3.8, 4) is 11.3 Å². The van der Waals surface area contributed by atoms with Crippen LogP contribution < -0.4 is 11.3 Å². The molecule has 4 rings (SSSR count). The van der Waals surface area contributed by atoms with Gasteiger partial charge < -0.3 is 5.73 Å². The first kappa shape index (κ1) is 14.1.